The Morgan fingerprint density at radius 1 is 1.50 bits per heavy atom. The van der Waals surface area contributed by atoms with Crippen molar-refractivity contribution in [1.82, 2.24) is 10.2 Å². The molecule has 3 N–H and O–H groups in total. The number of nitrogens with one attached hydrogen (secondary N) is 1. The predicted molar refractivity (Wildman–Crippen MR) is 50.3 cm³/mol. The zero-order chi connectivity index (χ0) is 10.1. The Morgan fingerprint density at radius 2 is 2.29 bits per heavy atom. The topological polar surface area (TPSA) is 75.4 Å². The van der Waals surface area contributed by atoms with Gasteiger partial charge in [0.2, 0.25) is 11.8 Å². The minimum absolute atomic E-state index is 0.0214. The van der Waals surface area contributed by atoms with E-state index in [0.29, 0.717) is 19.4 Å². The van der Waals surface area contributed by atoms with Crippen molar-refractivity contribution in [3.8, 4) is 0 Å². The summed E-state index contributed by atoms with van der Waals surface area (Å²) in [5.74, 6) is 0.00986. The fourth-order valence-electron chi connectivity index (χ4n) is 2.01. The Labute approximate surface area is 82.6 Å². The molecule has 2 rings (SSSR count). The SMILES string of the molecule is N[C@H]1CCN(C(=O)[C@@H]2CCC(=O)N2)C1. The van der Waals surface area contributed by atoms with Crippen molar-refractivity contribution in [1.29, 1.82) is 0 Å². The Hall–Kier alpha value is -1.10. The summed E-state index contributed by atoms with van der Waals surface area (Å²) in [5, 5.41) is 2.67. The highest BCUT2D eigenvalue weighted by molar-refractivity contribution is 5.90. The molecular formula is C9H15N3O2. The van der Waals surface area contributed by atoms with Crippen molar-refractivity contribution < 1.29 is 9.59 Å². The lowest BCUT2D eigenvalue weighted by Crippen LogP contribution is -2.44. The molecule has 0 bridgehead atoms. The van der Waals surface area contributed by atoms with Crippen LogP contribution < -0.4 is 11.1 Å². The van der Waals surface area contributed by atoms with Crippen LogP contribution in [0.4, 0.5) is 0 Å². The first kappa shape index (κ1) is 9.45. The van der Waals surface area contributed by atoms with Gasteiger partial charge in [0, 0.05) is 25.6 Å². The molecule has 14 heavy (non-hydrogen) atoms. The van der Waals surface area contributed by atoms with Gasteiger partial charge < -0.3 is 16.0 Å². The number of carbonyl (C=O) groups excluding carboxylic acids is 2. The third-order valence-corrected chi connectivity index (χ3v) is 2.83. The molecule has 5 heteroatoms. The molecule has 0 aromatic carbocycles. The van der Waals surface area contributed by atoms with Gasteiger partial charge in [-0.25, -0.2) is 0 Å². The van der Waals surface area contributed by atoms with E-state index in [1.54, 1.807) is 4.90 Å². The van der Waals surface area contributed by atoms with Crippen LogP contribution in [-0.2, 0) is 9.59 Å². The number of nitrogens with two attached hydrogens (primary N) is 1. The largest absolute Gasteiger partial charge is 0.344 e. The third-order valence-electron chi connectivity index (χ3n) is 2.83. The average molecular weight is 197 g/mol. The van der Waals surface area contributed by atoms with Crippen LogP contribution in [0, 0.1) is 0 Å². The summed E-state index contributed by atoms with van der Waals surface area (Å²) in [7, 11) is 0. The first-order valence-electron chi connectivity index (χ1n) is 5.00. The van der Waals surface area contributed by atoms with Crippen molar-refractivity contribution in [2.24, 2.45) is 5.73 Å². The van der Waals surface area contributed by atoms with E-state index >= 15 is 0 Å². The second kappa shape index (κ2) is 3.57. The highest BCUT2D eigenvalue weighted by atomic mass is 16.2. The number of amides is 2. The van der Waals surface area contributed by atoms with E-state index in [9.17, 15) is 9.59 Å². The first-order chi connectivity index (χ1) is 6.66. The molecule has 0 saturated carbocycles. The van der Waals surface area contributed by atoms with E-state index in [1.807, 2.05) is 0 Å². The van der Waals surface area contributed by atoms with Crippen molar-refractivity contribution >= 4 is 11.8 Å². The molecule has 2 aliphatic rings. The molecule has 2 saturated heterocycles. The summed E-state index contributed by atoms with van der Waals surface area (Å²) in [6, 6.07) is -0.191. The number of hydrogen-bond donors (Lipinski definition) is 2. The molecule has 78 valence electrons. The molecule has 0 aromatic heterocycles. The van der Waals surface area contributed by atoms with Gasteiger partial charge in [-0.2, -0.15) is 0 Å². The number of hydrogen-bond acceptors (Lipinski definition) is 3. The second-order valence-electron chi connectivity index (χ2n) is 3.99. The predicted octanol–water partition coefficient (Wildman–Crippen LogP) is -1.18. The summed E-state index contributed by atoms with van der Waals surface area (Å²) in [6.45, 7) is 1.36. The monoisotopic (exact) mass is 197 g/mol. The molecule has 0 spiro atoms. The van der Waals surface area contributed by atoms with Crippen LogP contribution in [0.3, 0.4) is 0 Å². The van der Waals surface area contributed by atoms with Gasteiger partial charge in [-0.05, 0) is 12.8 Å². The lowest BCUT2D eigenvalue weighted by Gasteiger charge is -2.19. The zero-order valence-electron chi connectivity index (χ0n) is 8.03. The van der Waals surface area contributed by atoms with Crippen molar-refractivity contribution in [2.75, 3.05) is 13.1 Å². The standard InChI is InChI=1S/C9H15N3O2/c10-6-3-4-12(5-6)9(14)7-1-2-8(13)11-7/h6-7H,1-5,10H2,(H,11,13)/t6-,7-/m0/s1. The molecule has 0 unspecified atom stereocenters. The molecule has 5 nitrogen and oxygen atoms in total. The van der Waals surface area contributed by atoms with Crippen LogP contribution in [0.2, 0.25) is 0 Å². The summed E-state index contributed by atoms with van der Waals surface area (Å²) in [5.41, 5.74) is 5.71. The van der Waals surface area contributed by atoms with Gasteiger partial charge in [0.05, 0.1) is 0 Å². The van der Waals surface area contributed by atoms with Crippen molar-refractivity contribution in [3.05, 3.63) is 0 Å². The summed E-state index contributed by atoms with van der Waals surface area (Å²) in [6.07, 6.45) is 1.96. The van der Waals surface area contributed by atoms with Crippen LogP contribution in [0.5, 0.6) is 0 Å². The van der Waals surface area contributed by atoms with Crippen LogP contribution >= 0.6 is 0 Å². The first-order valence-corrected chi connectivity index (χ1v) is 5.00. The zero-order valence-corrected chi connectivity index (χ0v) is 8.03. The van der Waals surface area contributed by atoms with Crippen LogP contribution in [0.15, 0.2) is 0 Å². The molecule has 0 aliphatic carbocycles. The van der Waals surface area contributed by atoms with Gasteiger partial charge in [-0.15, -0.1) is 0 Å². The summed E-state index contributed by atoms with van der Waals surface area (Å²) < 4.78 is 0. The van der Waals surface area contributed by atoms with Gasteiger partial charge in [-0.3, -0.25) is 9.59 Å². The van der Waals surface area contributed by atoms with E-state index < -0.39 is 0 Å². The number of nitrogens with zero attached hydrogens (tertiary/aromatic N) is 1. The van der Waals surface area contributed by atoms with Crippen molar-refractivity contribution in [2.45, 2.75) is 31.3 Å². The minimum Gasteiger partial charge on any atom is -0.344 e. The van der Waals surface area contributed by atoms with E-state index in [0.717, 1.165) is 13.0 Å². The van der Waals surface area contributed by atoms with Gasteiger partial charge >= 0.3 is 0 Å². The van der Waals surface area contributed by atoms with Crippen LogP contribution in [0.1, 0.15) is 19.3 Å². The number of rotatable bonds is 1. The smallest absolute Gasteiger partial charge is 0.245 e. The maximum Gasteiger partial charge on any atom is 0.245 e. The lowest BCUT2D eigenvalue weighted by atomic mass is 10.2. The molecule has 2 aliphatic heterocycles. The van der Waals surface area contributed by atoms with E-state index in [1.165, 1.54) is 0 Å². The van der Waals surface area contributed by atoms with Gasteiger partial charge in [0.1, 0.15) is 6.04 Å². The van der Waals surface area contributed by atoms with Gasteiger partial charge in [0.25, 0.3) is 0 Å². The number of likely N-dealkylation sites (tertiary alicyclic amines) is 1. The summed E-state index contributed by atoms with van der Waals surface area (Å²) in [4.78, 5) is 24.5. The lowest BCUT2D eigenvalue weighted by molar-refractivity contribution is -0.133. The Kier molecular flexibility index (Phi) is 2.41. The molecule has 2 atom stereocenters. The average Bonchev–Trinajstić information content (AvgIpc) is 2.73. The highest BCUT2D eigenvalue weighted by Crippen LogP contribution is 2.14. The molecule has 2 heterocycles. The molecule has 2 amide bonds. The van der Waals surface area contributed by atoms with E-state index in [2.05, 4.69) is 5.32 Å². The van der Waals surface area contributed by atoms with Crippen LogP contribution in [0.25, 0.3) is 0 Å². The van der Waals surface area contributed by atoms with E-state index in [4.69, 9.17) is 5.73 Å². The molecule has 0 aromatic rings. The normalized spacial score (nSPS) is 32.1. The summed E-state index contributed by atoms with van der Waals surface area (Å²) >= 11 is 0. The Balaban J connectivity index is 1.92. The minimum atomic E-state index is -0.298. The maximum absolute atomic E-state index is 11.8. The van der Waals surface area contributed by atoms with Crippen molar-refractivity contribution in [3.63, 3.8) is 0 Å². The highest BCUT2D eigenvalue weighted by Gasteiger charge is 2.33. The third kappa shape index (κ3) is 1.72. The molecule has 2 fully saturated rings. The Morgan fingerprint density at radius 3 is 2.79 bits per heavy atom. The quantitative estimate of drug-likeness (QED) is 0.556. The van der Waals surface area contributed by atoms with Crippen LogP contribution in [-0.4, -0.2) is 41.9 Å². The van der Waals surface area contributed by atoms with Gasteiger partial charge in [-0.1, -0.05) is 0 Å². The number of carbonyl (C=O) groups is 2. The van der Waals surface area contributed by atoms with Gasteiger partial charge in [0.15, 0.2) is 0 Å². The molecular weight excluding hydrogens is 182 g/mol. The fourth-order valence-corrected chi connectivity index (χ4v) is 2.01. The Bertz CT molecular complexity index is 267. The maximum atomic E-state index is 11.8. The van der Waals surface area contributed by atoms with E-state index in [-0.39, 0.29) is 23.9 Å². The fraction of sp³-hybridized carbons (Fsp3) is 0.778. The molecule has 0 radical (unpaired) electrons. The second-order valence-corrected chi connectivity index (χ2v) is 3.99.